The molecule has 0 spiro atoms. The smallest absolute Gasteiger partial charge is 0.0726 e. The van der Waals surface area contributed by atoms with Crippen LogP contribution in [0.2, 0.25) is 0 Å². The number of hydrogen-bond donors (Lipinski definition) is 0. The van der Waals surface area contributed by atoms with Crippen LogP contribution in [0.3, 0.4) is 0 Å². The first-order chi connectivity index (χ1) is 17.8. The zero-order valence-corrected chi connectivity index (χ0v) is 23.0. The minimum Gasteiger partial charge on any atom is -0.374 e. The van der Waals surface area contributed by atoms with Gasteiger partial charge in [0.05, 0.1) is 12.7 Å². The Bertz CT molecular complexity index is 1140. The van der Waals surface area contributed by atoms with Crippen molar-refractivity contribution in [3.63, 3.8) is 0 Å². The first-order valence-electron chi connectivity index (χ1n) is 15.1. The summed E-state index contributed by atoms with van der Waals surface area (Å²) in [6, 6.07) is 20.4. The molecule has 0 saturated heterocycles. The summed E-state index contributed by atoms with van der Waals surface area (Å²) in [6.07, 6.45) is 20.6. The monoisotopic (exact) mass is 484 g/mol. The molecular weight excluding hydrogens is 436 g/mol. The van der Waals surface area contributed by atoms with E-state index < -0.39 is 0 Å². The molecule has 0 fully saturated rings. The fraction of sp³-hybridized carbons (Fsp3) is 0.543. The van der Waals surface area contributed by atoms with Crippen molar-refractivity contribution in [2.45, 2.75) is 123 Å². The van der Waals surface area contributed by atoms with E-state index in [2.05, 4.69) is 68.4 Å². The Kier molecular flexibility index (Phi) is 10.9. The summed E-state index contributed by atoms with van der Waals surface area (Å²) in [6.45, 7) is 5.32. The molecule has 0 radical (unpaired) electrons. The number of unbranched alkanes of at least 4 members (excludes halogenated alkanes) is 11. The summed E-state index contributed by atoms with van der Waals surface area (Å²) in [5, 5.41) is 8.19. The number of hydrogen-bond acceptors (Lipinski definition) is 1. The van der Waals surface area contributed by atoms with Gasteiger partial charge in [0.1, 0.15) is 0 Å². The van der Waals surface area contributed by atoms with Crippen molar-refractivity contribution < 1.29 is 4.74 Å². The zero-order valence-electron chi connectivity index (χ0n) is 23.0. The van der Waals surface area contributed by atoms with Gasteiger partial charge in [-0.1, -0.05) is 152 Å². The van der Waals surface area contributed by atoms with Gasteiger partial charge in [0, 0.05) is 0 Å². The molecule has 0 heterocycles. The summed E-state index contributed by atoms with van der Waals surface area (Å²) < 4.78 is 6.68. The van der Waals surface area contributed by atoms with E-state index in [0.717, 1.165) is 6.61 Å². The fourth-order valence-corrected chi connectivity index (χ4v) is 5.92. The summed E-state index contributed by atoms with van der Waals surface area (Å²) in [7, 11) is 0. The van der Waals surface area contributed by atoms with E-state index in [9.17, 15) is 0 Å². The van der Waals surface area contributed by atoms with Gasteiger partial charge in [-0.3, -0.25) is 0 Å². The highest BCUT2D eigenvalue weighted by molar-refractivity contribution is 6.23. The predicted octanol–water partition coefficient (Wildman–Crippen LogP) is 11.4. The third-order valence-electron chi connectivity index (χ3n) is 8.10. The summed E-state index contributed by atoms with van der Waals surface area (Å²) in [5.74, 6) is 0. The molecule has 0 aliphatic heterocycles. The lowest BCUT2D eigenvalue weighted by Gasteiger charge is -2.20. The van der Waals surface area contributed by atoms with E-state index in [1.54, 1.807) is 0 Å². The highest BCUT2D eigenvalue weighted by atomic mass is 16.5. The van der Waals surface area contributed by atoms with Crippen LogP contribution in [0.1, 0.15) is 116 Å². The third-order valence-corrected chi connectivity index (χ3v) is 8.10. The Morgan fingerprint density at radius 2 is 1.03 bits per heavy atom. The Balaban J connectivity index is 1.38. The van der Waals surface area contributed by atoms with Crippen molar-refractivity contribution in [1.82, 2.24) is 0 Å². The number of ether oxygens (including phenoxy) is 1. The van der Waals surface area contributed by atoms with Crippen molar-refractivity contribution in [3.8, 4) is 0 Å². The Morgan fingerprint density at radius 3 is 1.64 bits per heavy atom. The van der Waals surface area contributed by atoms with E-state index in [0.29, 0.717) is 6.10 Å². The molecule has 1 nitrogen and oxygen atoms in total. The second-order valence-corrected chi connectivity index (χ2v) is 11.0. The van der Waals surface area contributed by atoms with Crippen LogP contribution in [0.4, 0.5) is 0 Å². The highest BCUT2D eigenvalue weighted by Crippen LogP contribution is 2.36. The van der Waals surface area contributed by atoms with E-state index >= 15 is 0 Å². The fourth-order valence-electron chi connectivity index (χ4n) is 5.92. The molecule has 1 heteroatoms. The molecular formula is C35H48O. The van der Waals surface area contributed by atoms with E-state index in [1.165, 1.54) is 134 Å². The molecule has 0 aliphatic rings. The quantitative estimate of drug-likeness (QED) is 0.101. The molecule has 36 heavy (non-hydrogen) atoms. The van der Waals surface area contributed by atoms with Gasteiger partial charge < -0.3 is 4.74 Å². The Hall–Kier alpha value is -2.12. The van der Waals surface area contributed by atoms with Gasteiger partial charge in [-0.05, 0) is 50.7 Å². The second kappa shape index (κ2) is 14.6. The van der Waals surface area contributed by atoms with Gasteiger partial charge in [0.15, 0.2) is 0 Å². The summed E-state index contributed by atoms with van der Waals surface area (Å²) in [4.78, 5) is 0. The lowest BCUT2D eigenvalue weighted by molar-refractivity contribution is 0.0267. The predicted molar refractivity (Wildman–Crippen MR) is 159 cm³/mol. The minimum absolute atomic E-state index is 0.394. The van der Waals surface area contributed by atoms with Crippen LogP contribution in [-0.4, -0.2) is 6.10 Å². The first kappa shape index (κ1) is 26.9. The van der Waals surface area contributed by atoms with Gasteiger partial charge >= 0.3 is 0 Å². The van der Waals surface area contributed by atoms with Crippen molar-refractivity contribution in [2.24, 2.45) is 0 Å². The van der Waals surface area contributed by atoms with Gasteiger partial charge in [0.25, 0.3) is 0 Å². The Morgan fingerprint density at radius 1 is 0.528 bits per heavy atom. The third kappa shape index (κ3) is 7.22. The molecule has 4 aromatic rings. The highest BCUT2D eigenvalue weighted by Gasteiger charge is 2.14. The van der Waals surface area contributed by atoms with Gasteiger partial charge in [0.2, 0.25) is 0 Å². The first-order valence-corrected chi connectivity index (χ1v) is 15.1. The van der Waals surface area contributed by atoms with Gasteiger partial charge in [-0.2, -0.15) is 0 Å². The lowest BCUT2D eigenvalue weighted by atomic mass is 9.92. The molecule has 0 N–H and O–H groups in total. The van der Waals surface area contributed by atoms with Crippen LogP contribution in [0, 0.1) is 0 Å². The van der Waals surface area contributed by atoms with E-state index in [4.69, 9.17) is 4.74 Å². The van der Waals surface area contributed by atoms with Crippen molar-refractivity contribution >= 4 is 32.3 Å². The molecule has 0 aliphatic carbocycles. The molecule has 4 aromatic carbocycles. The van der Waals surface area contributed by atoms with Crippen LogP contribution < -0.4 is 0 Å². The zero-order chi connectivity index (χ0) is 25.0. The SMILES string of the molecule is CCCCCCCCCCC(CCCCCCC)OCc1ccc2ccc3cccc4ccc1c2c34. The van der Waals surface area contributed by atoms with E-state index in [1.807, 2.05) is 0 Å². The maximum Gasteiger partial charge on any atom is 0.0726 e. The summed E-state index contributed by atoms with van der Waals surface area (Å²) >= 11 is 0. The topological polar surface area (TPSA) is 9.23 Å². The van der Waals surface area contributed by atoms with Crippen LogP contribution in [-0.2, 0) is 11.3 Å². The normalized spacial score (nSPS) is 12.8. The molecule has 1 atom stereocenters. The molecule has 194 valence electrons. The average Bonchev–Trinajstić information content (AvgIpc) is 2.91. The maximum atomic E-state index is 6.68. The molecule has 0 bridgehead atoms. The van der Waals surface area contributed by atoms with Crippen LogP contribution in [0.15, 0.2) is 54.6 Å². The Labute approximate surface area is 220 Å². The van der Waals surface area contributed by atoms with Gasteiger partial charge in [-0.15, -0.1) is 0 Å². The molecule has 4 rings (SSSR count). The molecule has 0 aromatic heterocycles. The largest absolute Gasteiger partial charge is 0.374 e. The van der Waals surface area contributed by atoms with Crippen molar-refractivity contribution in [2.75, 3.05) is 0 Å². The average molecular weight is 485 g/mol. The molecule has 0 saturated carbocycles. The number of rotatable bonds is 18. The van der Waals surface area contributed by atoms with Gasteiger partial charge in [-0.25, -0.2) is 0 Å². The van der Waals surface area contributed by atoms with Crippen LogP contribution in [0.25, 0.3) is 32.3 Å². The molecule has 0 amide bonds. The van der Waals surface area contributed by atoms with Crippen LogP contribution >= 0.6 is 0 Å². The lowest BCUT2D eigenvalue weighted by Crippen LogP contribution is -2.13. The minimum atomic E-state index is 0.394. The second-order valence-electron chi connectivity index (χ2n) is 11.0. The van der Waals surface area contributed by atoms with Crippen LogP contribution in [0.5, 0.6) is 0 Å². The van der Waals surface area contributed by atoms with E-state index in [-0.39, 0.29) is 0 Å². The molecule has 1 unspecified atom stereocenters. The standard InChI is InChI=1S/C35H48O/c1-3-5-7-9-10-11-13-15-20-32(19-14-12-8-6-4-2)36-27-31-24-23-30-22-21-28-17-16-18-29-25-26-33(31)35(30)34(28)29/h16-18,21-26,32H,3-15,19-20,27H2,1-2H3. The maximum absolute atomic E-state index is 6.68. The number of benzene rings is 4. The van der Waals surface area contributed by atoms with Crippen molar-refractivity contribution in [3.05, 3.63) is 60.2 Å². The summed E-state index contributed by atoms with van der Waals surface area (Å²) in [5.41, 5.74) is 1.34. The van der Waals surface area contributed by atoms with Crippen molar-refractivity contribution in [1.29, 1.82) is 0 Å².